The Morgan fingerprint density at radius 1 is 0.811 bits per heavy atom. The second-order valence-corrected chi connectivity index (χ2v) is 10.2. The minimum atomic E-state index is -0.621. The van der Waals surface area contributed by atoms with Crippen LogP contribution >= 0.6 is 0 Å². The van der Waals surface area contributed by atoms with Crippen LogP contribution in [-0.2, 0) is 22.4 Å². The summed E-state index contributed by atoms with van der Waals surface area (Å²) in [6.07, 6.45) is 2.09. The Morgan fingerprint density at radius 3 is 1.81 bits per heavy atom. The quantitative estimate of drug-likeness (QED) is 0.164. The molecule has 3 rings (SSSR count). The molecule has 0 unspecified atom stereocenters. The van der Waals surface area contributed by atoms with Crippen molar-refractivity contribution in [3.05, 3.63) is 39.0 Å². The first-order valence-corrected chi connectivity index (χ1v) is 12.5. The van der Waals surface area contributed by atoms with Crippen molar-refractivity contribution >= 4 is 39.7 Å². The van der Waals surface area contributed by atoms with E-state index in [2.05, 4.69) is 0 Å². The zero-order valence-electron chi connectivity index (χ0n) is 22.4. The number of ether oxygens (including phenoxy) is 2. The molecule has 0 spiro atoms. The molecule has 0 amide bonds. The number of ketones is 1. The van der Waals surface area contributed by atoms with Crippen LogP contribution in [0.15, 0.2) is 21.3 Å². The minimum absolute atomic E-state index is 0.00624. The van der Waals surface area contributed by atoms with E-state index in [1.165, 1.54) is 32.9 Å². The van der Waals surface area contributed by atoms with E-state index in [1.54, 1.807) is 0 Å². The Hall–Kier alpha value is -3.68. The number of fused-ring (bicyclic) bond motifs is 2. The molecule has 0 aliphatic carbocycles. The number of hydrogen-bond acceptors (Lipinski definition) is 8. The highest BCUT2D eigenvalue weighted by Gasteiger charge is 2.26. The maximum Gasteiger partial charge on any atom is 0.308 e. The summed E-state index contributed by atoms with van der Waals surface area (Å²) in [4.78, 5) is 50.3. The molecule has 0 radical (unpaired) electrons. The zero-order chi connectivity index (χ0) is 27.6. The largest absolute Gasteiger partial charge is 0.507 e. The van der Waals surface area contributed by atoms with Gasteiger partial charge in [-0.3, -0.25) is 19.2 Å². The molecule has 1 aromatic heterocycles. The lowest BCUT2D eigenvalue weighted by atomic mass is 9.91. The average Bonchev–Trinajstić information content (AvgIpc) is 2.75. The lowest BCUT2D eigenvalue weighted by Gasteiger charge is -2.18. The van der Waals surface area contributed by atoms with Gasteiger partial charge in [-0.2, -0.15) is 0 Å². The van der Waals surface area contributed by atoms with Gasteiger partial charge in [0, 0.05) is 31.5 Å². The summed E-state index contributed by atoms with van der Waals surface area (Å²) in [5, 5.41) is 11.4. The molecule has 1 N–H and O–H groups in total. The summed E-state index contributed by atoms with van der Waals surface area (Å²) in [6.45, 7) is 11.9. The molecule has 8 nitrogen and oxygen atoms in total. The fraction of sp³-hybridized carbons (Fsp3) is 0.448. The summed E-state index contributed by atoms with van der Waals surface area (Å²) in [5.74, 6) is -1.18. The van der Waals surface area contributed by atoms with E-state index in [-0.39, 0.29) is 56.5 Å². The molecule has 8 heteroatoms. The predicted molar refractivity (Wildman–Crippen MR) is 141 cm³/mol. The lowest BCUT2D eigenvalue weighted by molar-refractivity contribution is -0.132. The number of rotatable bonds is 9. The second-order valence-electron chi connectivity index (χ2n) is 10.2. The first kappa shape index (κ1) is 27.9. The standard InChI is InChI=1S/C29H34O8/c1-14(2)8-10-19-21(35-17(6)31)12-24-27(28(19)33)29(34)26-20(11-9-15(3)4)25(16(5)30)22(36-18(7)32)13-23(26)37-24/h12-15,33H,8-11H2,1-7H3. The van der Waals surface area contributed by atoms with Crippen LogP contribution in [0.1, 0.15) is 82.8 Å². The first-order chi connectivity index (χ1) is 17.3. The van der Waals surface area contributed by atoms with Gasteiger partial charge in [0.2, 0.25) is 5.43 Å². The Labute approximate surface area is 215 Å². The van der Waals surface area contributed by atoms with Gasteiger partial charge in [0.05, 0.1) is 10.9 Å². The normalized spacial score (nSPS) is 11.5. The number of carbonyl (C=O) groups is 3. The average molecular weight is 511 g/mol. The third-order valence-electron chi connectivity index (χ3n) is 6.16. The highest BCUT2D eigenvalue weighted by molar-refractivity contribution is 6.06. The number of esters is 2. The summed E-state index contributed by atoms with van der Waals surface area (Å²) < 4.78 is 16.8. The van der Waals surface area contributed by atoms with Crippen LogP contribution < -0.4 is 14.9 Å². The van der Waals surface area contributed by atoms with Crippen LogP contribution in [0.3, 0.4) is 0 Å². The molecule has 0 fully saturated rings. The van der Waals surface area contributed by atoms with Crippen molar-refractivity contribution in [1.82, 2.24) is 0 Å². The molecule has 1 heterocycles. The molecule has 0 aliphatic heterocycles. The Balaban J connectivity index is 2.48. The molecular formula is C29H34O8. The maximum absolute atomic E-state index is 14.0. The van der Waals surface area contributed by atoms with Crippen molar-refractivity contribution in [1.29, 1.82) is 0 Å². The molecule has 3 aromatic rings. The highest BCUT2D eigenvalue weighted by atomic mass is 16.5. The molecule has 37 heavy (non-hydrogen) atoms. The molecule has 0 saturated carbocycles. The maximum atomic E-state index is 14.0. The molecule has 0 bridgehead atoms. The summed E-state index contributed by atoms with van der Waals surface area (Å²) in [6, 6.07) is 2.77. The van der Waals surface area contributed by atoms with Crippen LogP contribution in [0, 0.1) is 11.8 Å². The van der Waals surface area contributed by atoms with Crippen LogP contribution in [0.25, 0.3) is 21.9 Å². The number of aromatic hydroxyl groups is 1. The van der Waals surface area contributed by atoms with Crippen molar-refractivity contribution < 1.29 is 33.4 Å². The second kappa shape index (κ2) is 11.2. The van der Waals surface area contributed by atoms with Gasteiger partial charge in [0.1, 0.15) is 33.8 Å². The monoisotopic (exact) mass is 510 g/mol. The predicted octanol–water partition coefficient (Wildman–Crippen LogP) is 5.88. The molecule has 0 aliphatic rings. The van der Waals surface area contributed by atoms with Crippen LogP contribution in [-0.4, -0.2) is 22.8 Å². The molecular weight excluding hydrogens is 476 g/mol. The van der Waals surface area contributed by atoms with Crippen molar-refractivity contribution in [2.45, 2.75) is 74.1 Å². The number of phenolic OH excluding ortho intramolecular Hbond substituents is 1. The zero-order valence-corrected chi connectivity index (χ0v) is 22.4. The van der Waals surface area contributed by atoms with Crippen molar-refractivity contribution in [2.75, 3.05) is 0 Å². The van der Waals surface area contributed by atoms with Crippen molar-refractivity contribution in [3.63, 3.8) is 0 Å². The van der Waals surface area contributed by atoms with Gasteiger partial charge < -0.3 is 19.0 Å². The van der Waals surface area contributed by atoms with Gasteiger partial charge in [-0.05, 0) is 50.0 Å². The number of Topliss-reactive ketones (excluding diaryl/α,β-unsaturated/α-hetero) is 1. The van der Waals surface area contributed by atoms with Crippen LogP contribution in [0.4, 0.5) is 0 Å². The fourth-order valence-electron chi connectivity index (χ4n) is 4.45. The fourth-order valence-corrected chi connectivity index (χ4v) is 4.45. The van der Waals surface area contributed by atoms with E-state index in [4.69, 9.17) is 13.9 Å². The van der Waals surface area contributed by atoms with Gasteiger partial charge in [-0.25, -0.2) is 0 Å². The minimum Gasteiger partial charge on any atom is -0.507 e. The van der Waals surface area contributed by atoms with E-state index in [9.17, 15) is 24.3 Å². The number of phenols is 1. The third-order valence-corrected chi connectivity index (χ3v) is 6.16. The summed E-state index contributed by atoms with van der Waals surface area (Å²) >= 11 is 0. The number of benzene rings is 2. The van der Waals surface area contributed by atoms with E-state index >= 15 is 0 Å². The summed E-state index contributed by atoms with van der Waals surface area (Å²) in [5.41, 5.74) is 0.503. The smallest absolute Gasteiger partial charge is 0.308 e. The number of hydrogen-bond donors (Lipinski definition) is 1. The molecule has 2 aromatic carbocycles. The van der Waals surface area contributed by atoms with Gasteiger partial charge in [-0.15, -0.1) is 0 Å². The highest BCUT2D eigenvalue weighted by Crippen LogP contribution is 2.40. The first-order valence-electron chi connectivity index (χ1n) is 12.5. The van der Waals surface area contributed by atoms with E-state index in [0.717, 1.165) is 0 Å². The van der Waals surface area contributed by atoms with E-state index in [0.29, 0.717) is 42.7 Å². The molecule has 198 valence electrons. The van der Waals surface area contributed by atoms with Gasteiger partial charge in [0.15, 0.2) is 5.78 Å². The molecule has 0 saturated heterocycles. The number of carbonyl (C=O) groups excluding carboxylic acids is 3. The Morgan fingerprint density at radius 2 is 1.30 bits per heavy atom. The van der Waals surface area contributed by atoms with Gasteiger partial charge in [-0.1, -0.05) is 27.7 Å². The van der Waals surface area contributed by atoms with Crippen LogP contribution in [0.2, 0.25) is 0 Å². The van der Waals surface area contributed by atoms with Crippen molar-refractivity contribution in [2.24, 2.45) is 11.8 Å². The van der Waals surface area contributed by atoms with E-state index in [1.807, 2.05) is 27.7 Å². The van der Waals surface area contributed by atoms with Gasteiger partial charge >= 0.3 is 11.9 Å². The Kier molecular flexibility index (Phi) is 8.41. The van der Waals surface area contributed by atoms with Crippen LogP contribution in [0.5, 0.6) is 17.2 Å². The topological polar surface area (TPSA) is 120 Å². The number of aryl methyl sites for hydroxylation is 1. The Bertz CT molecular complexity index is 1440. The van der Waals surface area contributed by atoms with Crippen molar-refractivity contribution in [3.8, 4) is 17.2 Å². The third kappa shape index (κ3) is 6.01. The lowest BCUT2D eigenvalue weighted by Crippen LogP contribution is -2.14. The van der Waals surface area contributed by atoms with E-state index < -0.39 is 17.4 Å². The molecule has 0 atom stereocenters. The van der Waals surface area contributed by atoms with Gasteiger partial charge in [0.25, 0.3) is 0 Å². The SMILES string of the molecule is CC(=O)Oc1cc2oc3cc(OC(C)=O)c(C(C)=O)c(CCC(C)C)c3c(=O)c2c(O)c1CCC(C)C. The summed E-state index contributed by atoms with van der Waals surface area (Å²) in [7, 11) is 0.